The van der Waals surface area contributed by atoms with Gasteiger partial charge in [0.1, 0.15) is 0 Å². The Bertz CT molecular complexity index is 330. The summed E-state index contributed by atoms with van der Waals surface area (Å²) in [7, 11) is 0. The maximum atomic E-state index is 12.1. The summed E-state index contributed by atoms with van der Waals surface area (Å²) in [6.45, 7) is 1.98. The molecule has 18 heavy (non-hydrogen) atoms. The van der Waals surface area contributed by atoms with Crippen LogP contribution in [0.25, 0.3) is 0 Å². The van der Waals surface area contributed by atoms with Gasteiger partial charge in [0.15, 0.2) is 0 Å². The molecule has 0 aromatic heterocycles. The molecule has 0 aromatic carbocycles. The zero-order chi connectivity index (χ0) is 12.6. The highest BCUT2D eigenvalue weighted by atomic mass is 16.3. The number of aliphatic hydroxyl groups is 1. The number of nitrogens with one attached hydrogen (secondary N) is 1. The number of piperidine rings is 1. The molecule has 0 spiro atoms. The monoisotopic (exact) mass is 252 g/mol. The summed E-state index contributed by atoms with van der Waals surface area (Å²) in [5.74, 6) is 0.527. The zero-order valence-corrected chi connectivity index (χ0v) is 11.0. The highest BCUT2D eigenvalue weighted by Crippen LogP contribution is 2.39. The van der Waals surface area contributed by atoms with Crippen molar-refractivity contribution in [3.05, 3.63) is 0 Å². The van der Waals surface area contributed by atoms with Gasteiger partial charge in [-0.1, -0.05) is 12.8 Å². The standard InChI is InChI=1S/C14H24N2O2/c17-13(9-15-12-4-5-12)16-8-7-14(18)6-2-1-3-11(14)10-16/h11-12,15,18H,1-10H2. The van der Waals surface area contributed by atoms with E-state index in [-0.39, 0.29) is 5.91 Å². The van der Waals surface area contributed by atoms with Gasteiger partial charge in [0.25, 0.3) is 0 Å². The third kappa shape index (κ3) is 2.54. The van der Waals surface area contributed by atoms with E-state index in [1.165, 1.54) is 19.3 Å². The predicted molar refractivity (Wildman–Crippen MR) is 69.1 cm³/mol. The van der Waals surface area contributed by atoms with Crippen LogP contribution in [0.4, 0.5) is 0 Å². The molecule has 2 atom stereocenters. The number of likely N-dealkylation sites (tertiary alicyclic amines) is 1. The van der Waals surface area contributed by atoms with Gasteiger partial charge in [-0.3, -0.25) is 4.79 Å². The molecule has 2 N–H and O–H groups in total. The van der Waals surface area contributed by atoms with Crippen LogP contribution >= 0.6 is 0 Å². The fraction of sp³-hybridized carbons (Fsp3) is 0.929. The maximum Gasteiger partial charge on any atom is 0.236 e. The van der Waals surface area contributed by atoms with Crippen LogP contribution in [0, 0.1) is 5.92 Å². The van der Waals surface area contributed by atoms with Crippen LogP contribution in [0.5, 0.6) is 0 Å². The molecule has 1 heterocycles. The largest absolute Gasteiger partial charge is 0.389 e. The van der Waals surface area contributed by atoms with Crippen molar-refractivity contribution in [2.75, 3.05) is 19.6 Å². The normalized spacial score (nSPS) is 36.3. The fourth-order valence-electron chi connectivity index (χ4n) is 3.43. The summed E-state index contributed by atoms with van der Waals surface area (Å²) in [6, 6.07) is 0.588. The third-order valence-electron chi connectivity index (χ3n) is 4.90. The van der Waals surface area contributed by atoms with Gasteiger partial charge in [-0.05, 0) is 32.1 Å². The second-order valence-corrected chi connectivity index (χ2v) is 6.29. The van der Waals surface area contributed by atoms with E-state index >= 15 is 0 Å². The summed E-state index contributed by atoms with van der Waals surface area (Å²) < 4.78 is 0. The highest BCUT2D eigenvalue weighted by Gasteiger charge is 2.43. The van der Waals surface area contributed by atoms with E-state index < -0.39 is 5.60 Å². The van der Waals surface area contributed by atoms with Crippen molar-refractivity contribution in [2.24, 2.45) is 5.92 Å². The first-order valence-corrected chi connectivity index (χ1v) is 7.41. The van der Waals surface area contributed by atoms with Gasteiger partial charge in [-0.2, -0.15) is 0 Å². The van der Waals surface area contributed by atoms with Crippen LogP contribution in [-0.4, -0.2) is 47.2 Å². The second-order valence-electron chi connectivity index (χ2n) is 6.29. The Labute approximate surface area is 109 Å². The number of fused-ring (bicyclic) bond motifs is 1. The van der Waals surface area contributed by atoms with Crippen molar-refractivity contribution in [2.45, 2.75) is 56.6 Å². The van der Waals surface area contributed by atoms with Crippen LogP contribution in [0.1, 0.15) is 44.9 Å². The maximum absolute atomic E-state index is 12.1. The molecule has 4 heteroatoms. The number of rotatable bonds is 3. The molecule has 1 saturated heterocycles. The minimum absolute atomic E-state index is 0.217. The lowest BCUT2D eigenvalue weighted by molar-refractivity contribution is -0.142. The average molecular weight is 252 g/mol. The third-order valence-corrected chi connectivity index (χ3v) is 4.90. The van der Waals surface area contributed by atoms with E-state index in [1.54, 1.807) is 0 Å². The molecule has 0 radical (unpaired) electrons. The smallest absolute Gasteiger partial charge is 0.236 e. The van der Waals surface area contributed by atoms with Gasteiger partial charge in [-0.25, -0.2) is 0 Å². The van der Waals surface area contributed by atoms with Gasteiger partial charge in [0.05, 0.1) is 12.1 Å². The van der Waals surface area contributed by atoms with Gasteiger partial charge in [0.2, 0.25) is 5.91 Å². The molecule has 2 unspecified atom stereocenters. The van der Waals surface area contributed by atoms with E-state index in [2.05, 4.69) is 5.32 Å². The van der Waals surface area contributed by atoms with Crippen LogP contribution in [0.2, 0.25) is 0 Å². The Balaban J connectivity index is 1.53. The van der Waals surface area contributed by atoms with E-state index in [4.69, 9.17) is 0 Å². The lowest BCUT2D eigenvalue weighted by Crippen LogP contribution is -2.55. The van der Waals surface area contributed by atoms with Crippen molar-refractivity contribution in [3.63, 3.8) is 0 Å². The second kappa shape index (κ2) is 4.82. The molecular formula is C14H24N2O2. The molecule has 3 rings (SSSR count). The molecule has 1 aliphatic heterocycles. The Morgan fingerprint density at radius 2 is 2.11 bits per heavy atom. The summed E-state index contributed by atoms with van der Waals surface area (Å²) in [5.41, 5.74) is -0.473. The van der Waals surface area contributed by atoms with E-state index in [9.17, 15) is 9.90 Å². The van der Waals surface area contributed by atoms with Crippen molar-refractivity contribution in [3.8, 4) is 0 Å². The summed E-state index contributed by atoms with van der Waals surface area (Å²) in [6.07, 6.45) is 7.56. The average Bonchev–Trinajstić information content (AvgIpc) is 3.19. The minimum atomic E-state index is -0.473. The molecule has 0 bridgehead atoms. The Kier molecular flexibility index (Phi) is 3.32. The lowest BCUT2D eigenvalue weighted by Gasteiger charge is -2.47. The number of carbonyl (C=O) groups is 1. The Hall–Kier alpha value is -0.610. The minimum Gasteiger partial charge on any atom is -0.389 e. The van der Waals surface area contributed by atoms with E-state index in [1.807, 2.05) is 4.90 Å². The SMILES string of the molecule is O=C(CNC1CC1)N1CCC2(O)CCCCC2C1. The van der Waals surface area contributed by atoms with E-state index in [0.29, 0.717) is 18.5 Å². The lowest BCUT2D eigenvalue weighted by atomic mass is 9.71. The van der Waals surface area contributed by atoms with Gasteiger partial charge in [-0.15, -0.1) is 0 Å². The fourth-order valence-corrected chi connectivity index (χ4v) is 3.43. The number of carbonyl (C=O) groups excluding carboxylic acids is 1. The molecule has 4 nitrogen and oxygen atoms in total. The van der Waals surface area contributed by atoms with Crippen molar-refractivity contribution >= 4 is 5.91 Å². The molecule has 3 aliphatic rings. The van der Waals surface area contributed by atoms with Crippen LogP contribution in [0.15, 0.2) is 0 Å². The van der Waals surface area contributed by atoms with Gasteiger partial charge in [0, 0.05) is 25.0 Å². The predicted octanol–water partition coefficient (Wildman–Crippen LogP) is 0.892. The molecule has 1 amide bonds. The summed E-state index contributed by atoms with van der Waals surface area (Å²) in [5, 5.41) is 13.8. The van der Waals surface area contributed by atoms with Crippen molar-refractivity contribution in [1.29, 1.82) is 0 Å². The van der Waals surface area contributed by atoms with Crippen LogP contribution in [0.3, 0.4) is 0 Å². The van der Waals surface area contributed by atoms with Crippen molar-refractivity contribution in [1.82, 2.24) is 10.2 Å². The highest BCUT2D eigenvalue weighted by molar-refractivity contribution is 5.78. The first-order chi connectivity index (χ1) is 8.67. The number of hydrogen-bond acceptors (Lipinski definition) is 3. The molecule has 2 saturated carbocycles. The van der Waals surface area contributed by atoms with Gasteiger partial charge < -0.3 is 15.3 Å². The number of amides is 1. The number of nitrogens with zero attached hydrogens (tertiary/aromatic N) is 1. The van der Waals surface area contributed by atoms with Crippen molar-refractivity contribution < 1.29 is 9.90 Å². The first-order valence-electron chi connectivity index (χ1n) is 7.41. The van der Waals surface area contributed by atoms with Crippen LogP contribution < -0.4 is 5.32 Å². The molecule has 2 aliphatic carbocycles. The van der Waals surface area contributed by atoms with Gasteiger partial charge >= 0.3 is 0 Å². The molecule has 3 fully saturated rings. The zero-order valence-electron chi connectivity index (χ0n) is 11.0. The quantitative estimate of drug-likeness (QED) is 0.784. The summed E-state index contributed by atoms with van der Waals surface area (Å²) in [4.78, 5) is 14.0. The number of hydrogen-bond donors (Lipinski definition) is 2. The Morgan fingerprint density at radius 3 is 2.89 bits per heavy atom. The van der Waals surface area contributed by atoms with Crippen LogP contribution in [-0.2, 0) is 4.79 Å². The first kappa shape index (κ1) is 12.4. The topological polar surface area (TPSA) is 52.6 Å². The Morgan fingerprint density at radius 1 is 1.28 bits per heavy atom. The summed E-state index contributed by atoms with van der Waals surface area (Å²) >= 11 is 0. The molecular weight excluding hydrogens is 228 g/mol. The molecule has 0 aromatic rings. The molecule has 102 valence electrons. The van der Waals surface area contributed by atoms with E-state index in [0.717, 1.165) is 38.8 Å².